The monoisotopic (exact) mass is 359 g/mol. The molecule has 0 saturated carbocycles. The zero-order valence-corrected chi connectivity index (χ0v) is 15.5. The Kier molecular flexibility index (Phi) is 5.19. The summed E-state index contributed by atoms with van der Waals surface area (Å²) in [7, 11) is 0. The van der Waals surface area contributed by atoms with Crippen molar-refractivity contribution in [2.24, 2.45) is 0 Å². The summed E-state index contributed by atoms with van der Waals surface area (Å²) < 4.78 is 20.8. The average molecular weight is 359 g/mol. The molecule has 26 heavy (non-hydrogen) atoms. The van der Waals surface area contributed by atoms with Gasteiger partial charge in [-0.15, -0.1) is 0 Å². The molecule has 2 aromatic rings. The minimum Gasteiger partial charge on any atom is -0.460 e. The summed E-state index contributed by atoms with van der Waals surface area (Å²) in [5.41, 5.74) is 3.12. The molecule has 0 radical (unpaired) electrons. The van der Waals surface area contributed by atoms with Crippen molar-refractivity contribution in [3.8, 4) is 11.3 Å². The van der Waals surface area contributed by atoms with Gasteiger partial charge in [-0.25, -0.2) is 9.18 Å². The number of cyclic esters (lactones) is 1. The molecule has 0 amide bonds. The summed E-state index contributed by atoms with van der Waals surface area (Å²) >= 11 is 0. The Morgan fingerprint density at radius 3 is 2.46 bits per heavy atom. The van der Waals surface area contributed by atoms with Crippen molar-refractivity contribution in [3.63, 3.8) is 0 Å². The van der Waals surface area contributed by atoms with E-state index >= 15 is 0 Å². The number of nitrogens with zero attached hydrogens (tertiary/aromatic N) is 1. The number of aromatic nitrogens is 1. The van der Waals surface area contributed by atoms with Crippen LogP contribution in [0.5, 0.6) is 0 Å². The minimum absolute atomic E-state index is 0.0439. The van der Waals surface area contributed by atoms with Gasteiger partial charge in [-0.05, 0) is 54.8 Å². The second kappa shape index (κ2) is 7.23. The van der Waals surface area contributed by atoms with Crippen molar-refractivity contribution in [1.29, 1.82) is 0 Å². The van der Waals surface area contributed by atoms with Crippen LogP contribution < -0.4 is 0 Å². The lowest BCUT2D eigenvalue weighted by Crippen LogP contribution is -2.35. The Bertz CT molecular complexity index is 774. The molecule has 1 aromatic carbocycles. The van der Waals surface area contributed by atoms with Gasteiger partial charge in [0.2, 0.25) is 0 Å². The van der Waals surface area contributed by atoms with Crippen LogP contribution in [0.1, 0.15) is 45.7 Å². The van der Waals surface area contributed by atoms with Gasteiger partial charge in [0.05, 0.1) is 0 Å². The summed E-state index contributed by atoms with van der Waals surface area (Å²) in [4.78, 5) is 11.6. The molecule has 2 atom stereocenters. The molecule has 0 bridgehead atoms. The van der Waals surface area contributed by atoms with Crippen molar-refractivity contribution in [2.45, 2.75) is 64.2 Å². The largest absolute Gasteiger partial charge is 0.460 e. The highest BCUT2D eigenvalue weighted by molar-refractivity contribution is 5.75. The molecule has 1 aromatic heterocycles. The van der Waals surface area contributed by atoms with Crippen LogP contribution in [0.15, 0.2) is 36.4 Å². The zero-order chi connectivity index (χ0) is 18.9. The van der Waals surface area contributed by atoms with E-state index in [2.05, 4.69) is 37.5 Å². The number of ether oxygens (including phenoxy) is 1. The number of esters is 1. The molecule has 1 fully saturated rings. The Balaban J connectivity index is 1.85. The molecule has 5 heteroatoms. The topological polar surface area (TPSA) is 51.5 Å². The van der Waals surface area contributed by atoms with E-state index in [1.54, 1.807) is 12.1 Å². The first-order valence-corrected chi connectivity index (χ1v) is 9.10. The summed E-state index contributed by atoms with van der Waals surface area (Å²) in [5.74, 6) is -0.779. The number of halogens is 1. The molecule has 1 aliphatic heterocycles. The van der Waals surface area contributed by atoms with E-state index in [0.717, 1.165) is 11.3 Å². The van der Waals surface area contributed by atoms with Crippen molar-refractivity contribution >= 4 is 5.97 Å². The number of hydrogen-bond donors (Lipinski definition) is 1. The molecule has 1 N–H and O–H groups in total. The lowest BCUT2D eigenvalue weighted by Gasteiger charge is -2.28. The van der Waals surface area contributed by atoms with Crippen LogP contribution in [0, 0.1) is 5.82 Å². The van der Waals surface area contributed by atoms with Crippen LogP contribution in [-0.4, -0.2) is 27.9 Å². The SMILES string of the molecule is CC(C)(C)c1ccc(-c2ccc(F)cc2)n1CCC1CCC(O)C(=O)O1. The van der Waals surface area contributed by atoms with Gasteiger partial charge in [0.1, 0.15) is 11.9 Å². The Morgan fingerprint density at radius 2 is 1.85 bits per heavy atom. The van der Waals surface area contributed by atoms with Gasteiger partial charge in [0, 0.05) is 29.8 Å². The number of aliphatic hydroxyl groups is 1. The summed E-state index contributed by atoms with van der Waals surface area (Å²) in [6.07, 6.45) is 0.640. The predicted octanol–water partition coefficient (Wildman–Crippen LogP) is 4.05. The van der Waals surface area contributed by atoms with Gasteiger partial charge in [-0.1, -0.05) is 20.8 Å². The second-order valence-corrected chi connectivity index (χ2v) is 7.95. The first-order chi connectivity index (χ1) is 12.3. The maximum absolute atomic E-state index is 13.3. The quantitative estimate of drug-likeness (QED) is 0.838. The van der Waals surface area contributed by atoms with E-state index in [-0.39, 0.29) is 17.3 Å². The molecule has 2 heterocycles. The molecule has 0 spiro atoms. The molecule has 3 rings (SSSR count). The van der Waals surface area contributed by atoms with E-state index in [1.807, 2.05) is 0 Å². The first kappa shape index (κ1) is 18.6. The highest BCUT2D eigenvalue weighted by Crippen LogP contribution is 2.31. The zero-order valence-electron chi connectivity index (χ0n) is 15.5. The van der Waals surface area contributed by atoms with E-state index in [1.165, 1.54) is 17.8 Å². The number of carbonyl (C=O) groups excluding carboxylic acids is 1. The van der Waals surface area contributed by atoms with Crippen LogP contribution in [-0.2, 0) is 21.5 Å². The van der Waals surface area contributed by atoms with E-state index in [0.29, 0.717) is 25.8 Å². The van der Waals surface area contributed by atoms with Gasteiger partial charge >= 0.3 is 5.97 Å². The lowest BCUT2D eigenvalue weighted by molar-refractivity contribution is -0.167. The van der Waals surface area contributed by atoms with Crippen LogP contribution >= 0.6 is 0 Å². The number of hydrogen-bond acceptors (Lipinski definition) is 3. The van der Waals surface area contributed by atoms with Gasteiger partial charge in [0.25, 0.3) is 0 Å². The number of benzene rings is 1. The normalized spacial score (nSPS) is 20.9. The van der Waals surface area contributed by atoms with Gasteiger partial charge in [-0.2, -0.15) is 0 Å². The second-order valence-electron chi connectivity index (χ2n) is 7.95. The standard InChI is InChI=1S/C21H26FNO3/c1-21(2,3)19-11-9-17(14-4-6-15(22)7-5-14)23(19)13-12-16-8-10-18(24)20(25)26-16/h4-7,9,11,16,18,24H,8,10,12-13H2,1-3H3. The fraction of sp³-hybridized carbons (Fsp3) is 0.476. The van der Waals surface area contributed by atoms with E-state index < -0.39 is 12.1 Å². The van der Waals surface area contributed by atoms with Crippen LogP contribution in [0.25, 0.3) is 11.3 Å². The maximum atomic E-state index is 13.3. The highest BCUT2D eigenvalue weighted by atomic mass is 19.1. The number of carbonyl (C=O) groups is 1. The van der Waals surface area contributed by atoms with E-state index in [9.17, 15) is 14.3 Å². The molecular formula is C21H26FNO3. The van der Waals surface area contributed by atoms with Crippen LogP contribution in [0.2, 0.25) is 0 Å². The first-order valence-electron chi connectivity index (χ1n) is 9.10. The molecule has 4 nitrogen and oxygen atoms in total. The predicted molar refractivity (Wildman–Crippen MR) is 98.3 cm³/mol. The Hall–Kier alpha value is -2.14. The van der Waals surface area contributed by atoms with Gasteiger partial charge in [0.15, 0.2) is 6.10 Å². The highest BCUT2D eigenvalue weighted by Gasteiger charge is 2.29. The van der Waals surface area contributed by atoms with Crippen molar-refractivity contribution in [2.75, 3.05) is 0 Å². The lowest BCUT2D eigenvalue weighted by atomic mass is 9.92. The fourth-order valence-electron chi connectivity index (χ4n) is 3.48. The van der Waals surface area contributed by atoms with Crippen LogP contribution in [0.4, 0.5) is 4.39 Å². The molecular weight excluding hydrogens is 333 g/mol. The summed E-state index contributed by atoms with van der Waals surface area (Å²) in [5, 5.41) is 9.50. The Morgan fingerprint density at radius 1 is 1.15 bits per heavy atom. The third-order valence-electron chi connectivity index (χ3n) is 4.88. The third kappa shape index (κ3) is 3.98. The summed E-state index contributed by atoms with van der Waals surface area (Å²) in [6, 6.07) is 10.7. The smallest absolute Gasteiger partial charge is 0.335 e. The minimum atomic E-state index is -0.988. The van der Waals surface area contributed by atoms with Crippen molar-refractivity contribution in [3.05, 3.63) is 47.9 Å². The van der Waals surface area contributed by atoms with Gasteiger partial charge < -0.3 is 14.4 Å². The Labute approximate surface area is 153 Å². The van der Waals surface area contributed by atoms with Crippen molar-refractivity contribution < 1.29 is 19.0 Å². The average Bonchev–Trinajstić information content (AvgIpc) is 3.01. The molecule has 2 unspecified atom stereocenters. The van der Waals surface area contributed by atoms with Crippen molar-refractivity contribution in [1.82, 2.24) is 4.57 Å². The maximum Gasteiger partial charge on any atom is 0.335 e. The van der Waals surface area contributed by atoms with Gasteiger partial charge in [-0.3, -0.25) is 0 Å². The number of aliphatic hydroxyl groups excluding tert-OH is 1. The molecule has 0 aliphatic carbocycles. The van der Waals surface area contributed by atoms with Crippen LogP contribution in [0.3, 0.4) is 0 Å². The fourth-order valence-corrected chi connectivity index (χ4v) is 3.48. The summed E-state index contributed by atoms with van der Waals surface area (Å²) in [6.45, 7) is 7.17. The molecule has 1 saturated heterocycles. The molecule has 1 aliphatic rings. The van der Waals surface area contributed by atoms with E-state index in [4.69, 9.17) is 4.74 Å². The molecule has 140 valence electrons. The third-order valence-corrected chi connectivity index (χ3v) is 4.88. The number of rotatable bonds is 4.